The third-order valence-corrected chi connectivity index (χ3v) is 4.48. The van der Waals surface area contributed by atoms with Gasteiger partial charge >= 0.3 is 6.18 Å². The highest BCUT2D eigenvalue weighted by Crippen LogP contribution is 2.29. The quantitative estimate of drug-likeness (QED) is 0.426. The van der Waals surface area contributed by atoms with Crippen molar-refractivity contribution in [3.05, 3.63) is 77.8 Å². The number of alkyl halides is 3. The first-order valence-corrected chi connectivity index (χ1v) is 9.28. The molecule has 0 unspecified atom stereocenters. The van der Waals surface area contributed by atoms with Crippen molar-refractivity contribution in [1.82, 2.24) is 15.2 Å². The van der Waals surface area contributed by atoms with E-state index in [9.17, 15) is 13.2 Å². The summed E-state index contributed by atoms with van der Waals surface area (Å²) in [5.74, 6) is 0.945. The minimum absolute atomic E-state index is 0.363. The van der Waals surface area contributed by atoms with Gasteiger partial charge in [0.2, 0.25) is 0 Å². The van der Waals surface area contributed by atoms with Crippen LogP contribution in [0.3, 0.4) is 0 Å². The molecule has 154 valence electrons. The first-order valence-electron chi connectivity index (χ1n) is 9.28. The molecule has 3 heterocycles. The molecule has 2 N–H and O–H groups in total. The number of nitrogens with zero attached hydrogens (tertiary/aromatic N) is 3. The van der Waals surface area contributed by atoms with Crippen molar-refractivity contribution in [2.45, 2.75) is 12.6 Å². The van der Waals surface area contributed by atoms with Crippen LogP contribution in [0.1, 0.15) is 16.8 Å². The molecule has 0 radical (unpaired) electrons. The topological polar surface area (TPSA) is 75.9 Å². The van der Waals surface area contributed by atoms with Crippen LogP contribution in [0.2, 0.25) is 0 Å². The Balaban J connectivity index is 1.37. The first kappa shape index (κ1) is 19.7. The summed E-state index contributed by atoms with van der Waals surface area (Å²) in [4.78, 5) is 3.78. The largest absolute Gasteiger partial charge is 0.462 e. The van der Waals surface area contributed by atoms with E-state index in [0.717, 1.165) is 28.9 Å². The Hall–Kier alpha value is -3.62. The van der Waals surface area contributed by atoms with E-state index in [1.165, 1.54) is 6.07 Å². The van der Waals surface area contributed by atoms with Gasteiger partial charge in [-0.05, 0) is 23.8 Å². The molecule has 0 aliphatic carbocycles. The second-order valence-corrected chi connectivity index (χ2v) is 6.60. The molecule has 9 heteroatoms. The van der Waals surface area contributed by atoms with Gasteiger partial charge in [0.1, 0.15) is 11.5 Å². The number of pyridine rings is 1. The van der Waals surface area contributed by atoms with E-state index >= 15 is 0 Å². The third kappa shape index (κ3) is 4.51. The Labute approximate surface area is 170 Å². The highest BCUT2D eigenvalue weighted by atomic mass is 19.4. The average molecular weight is 413 g/mol. The van der Waals surface area contributed by atoms with Crippen molar-refractivity contribution in [1.29, 1.82) is 0 Å². The number of nitrogens with one attached hydrogen (secondary N) is 2. The summed E-state index contributed by atoms with van der Waals surface area (Å²) in [6.45, 7) is 0.904. The van der Waals surface area contributed by atoms with Crippen LogP contribution in [0.15, 0.2) is 65.4 Å². The molecule has 0 saturated carbocycles. The molecule has 6 nitrogen and oxygen atoms in total. The highest BCUT2D eigenvalue weighted by Gasteiger charge is 2.30. The lowest BCUT2D eigenvalue weighted by molar-refractivity contribution is -0.137. The van der Waals surface area contributed by atoms with Crippen LogP contribution >= 0.6 is 0 Å². The number of rotatable bonds is 7. The Morgan fingerprint density at radius 3 is 2.43 bits per heavy atom. The van der Waals surface area contributed by atoms with Crippen LogP contribution < -0.4 is 10.6 Å². The van der Waals surface area contributed by atoms with Crippen molar-refractivity contribution in [3.63, 3.8) is 0 Å². The van der Waals surface area contributed by atoms with Gasteiger partial charge in [0.15, 0.2) is 11.4 Å². The number of anilines is 2. The predicted octanol–water partition coefficient (Wildman–Crippen LogP) is 4.75. The summed E-state index contributed by atoms with van der Waals surface area (Å²) >= 11 is 0. The number of aromatic nitrogens is 3. The normalized spacial score (nSPS) is 11.6. The van der Waals surface area contributed by atoms with Crippen molar-refractivity contribution >= 4 is 22.6 Å². The molecule has 0 spiro atoms. The maximum absolute atomic E-state index is 12.6. The van der Waals surface area contributed by atoms with Crippen LogP contribution in [0.4, 0.5) is 24.8 Å². The lowest BCUT2D eigenvalue weighted by atomic mass is 10.1. The molecule has 0 amide bonds. The fourth-order valence-corrected chi connectivity index (χ4v) is 3.00. The Morgan fingerprint density at radius 2 is 1.70 bits per heavy atom. The maximum atomic E-state index is 12.6. The summed E-state index contributed by atoms with van der Waals surface area (Å²) < 4.78 is 43.3. The molecular weight excluding hydrogens is 395 g/mol. The van der Waals surface area contributed by atoms with E-state index < -0.39 is 11.7 Å². The minimum Gasteiger partial charge on any atom is -0.462 e. The summed E-state index contributed by atoms with van der Waals surface area (Å²) in [5.41, 5.74) is 1.75. The van der Waals surface area contributed by atoms with E-state index in [1.54, 1.807) is 6.26 Å². The van der Waals surface area contributed by atoms with Gasteiger partial charge in [-0.2, -0.15) is 13.2 Å². The Bertz CT molecular complexity index is 1110. The molecule has 0 saturated heterocycles. The number of halogens is 3. The Kier molecular flexibility index (Phi) is 5.51. The van der Waals surface area contributed by atoms with Crippen LogP contribution in [-0.4, -0.2) is 28.3 Å². The van der Waals surface area contributed by atoms with E-state index in [2.05, 4.69) is 25.8 Å². The maximum Gasteiger partial charge on any atom is 0.417 e. The molecule has 4 aromatic rings. The summed E-state index contributed by atoms with van der Waals surface area (Å²) in [7, 11) is 0. The second-order valence-electron chi connectivity index (χ2n) is 6.60. The van der Waals surface area contributed by atoms with E-state index in [-0.39, 0.29) is 0 Å². The molecule has 0 atom stereocenters. The first-order chi connectivity index (χ1) is 14.5. The molecule has 0 aliphatic rings. The van der Waals surface area contributed by atoms with Gasteiger partial charge in [-0.1, -0.05) is 30.3 Å². The summed E-state index contributed by atoms with van der Waals surface area (Å²) in [6.07, 6.45) is -1.38. The van der Waals surface area contributed by atoms with E-state index in [4.69, 9.17) is 4.42 Å². The van der Waals surface area contributed by atoms with Crippen LogP contribution in [0.5, 0.6) is 0 Å². The standard InChI is InChI=1S/C21H18F3N5O/c22-21(23,24)15-6-7-18(27-13-15)25-9-10-26-20-16-8-11-30-19(16)17(28-29-20)12-14-4-2-1-3-5-14/h1-8,11,13H,9-10,12H2,(H,25,27)(H,26,29). The molecular formula is C21H18F3N5O. The van der Waals surface area contributed by atoms with Crippen LogP contribution in [-0.2, 0) is 12.6 Å². The van der Waals surface area contributed by atoms with Gasteiger partial charge in [0, 0.05) is 25.7 Å². The van der Waals surface area contributed by atoms with Gasteiger partial charge in [-0.25, -0.2) is 4.98 Å². The zero-order chi connectivity index (χ0) is 21.0. The number of benzene rings is 1. The lowest BCUT2D eigenvalue weighted by Gasteiger charge is -2.10. The lowest BCUT2D eigenvalue weighted by Crippen LogP contribution is -2.16. The van der Waals surface area contributed by atoms with Gasteiger partial charge < -0.3 is 15.1 Å². The van der Waals surface area contributed by atoms with Crippen molar-refractivity contribution in [3.8, 4) is 0 Å². The summed E-state index contributed by atoms with van der Waals surface area (Å²) in [5, 5.41) is 15.5. The molecule has 0 bridgehead atoms. The summed E-state index contributed by atoms with van der Waals surface area (Å²) in [6, 6.07) is 14.1. The van der Waals surface area contributed by atoms with Crippen LogP contribution in [0.25, 0.3) is 11.0 Å². The van der Waals surface area contributed by atoms with Gasteiger partial charge in [0.25, 0.3) is 0 Å². The molecule has 0 fully saturated rings. The minimum atomic E-state index is -4.39. The van der Waals surface area contributed by atoms with Gasteiger partial charge in [-0.3, -0.25) is 0 Å². The number of hydrogen-bond acceptors (Lipinski definition) is 6. The molecule has 1 aromatic carbocycles. The van der Waals surface area contributed by atoms with Crippen LogP contribution in [0, 0.1) is 0 Å². The number of hydrogen-bond donors (Lipinski definition) is 2. The van der Waals surface area contributed by atoms with Crippen molar-refractivity contribution in [2.75, 3.05) is 23.7 Å². The van der Waals surface area contributed by atoms with Gasteiger partial charge in [-0.15, -0.1) is 10.2 Å². The SMILES string of the molecule is FC(F)(F)c1ccc(NCCNc2nnc(Cc3ccccc3)c3occc23)nc1. The molecule has 4 rings (SSSR count). The van der Waals surface area contributed by atoms with E-state index in [0.29, 0.717) is 36.7 Å². The fourth-order valence-electron chi connectivity index (χ4n) is 3.00. The average Bonchev–Trinajstić information content (AvgIpc) is 3.23. The number of fused-ring (bicyclic) bond motifs is 1. The Morgan fingerprint density at radius 1 is 0.900 bits per heavy atom. The van der Waals surface area contributed by atoms with Crippen molar-refractivity contribution < 1.29 is 17.6 Å². The smallest absolute Gasteiger partial charge is 0.417 e. The highest BCUT2D eigenvalue weighted by molar-refractivity contribution is 5.89. The second kappa shape index (κ2) is 8.40. The molecule has 3 aromatic heterocycles. The zero-order valence-corrected chi connectivity index (χ0v) is 15.8. The fraction of sp³-hybridized carbons (Fsp3) is 0.190. The monoisotopic (exact) mass is 413 g/mol. The van der Waals surface area contributed by atoms with E-state index in [1.807, 2.05) is 36.4 Å². The number of furan rings is 1. The van der Waals surface area contributed by atoms with Gasteiger partial charge in [0.05, 0.1) is 17.2 Å². The third-order valence-electron chi connectivity index (χ3n) is 4.48. The zero-order valence-electron chi connectivity index (χ0n) is 15.8. The molecule has 30 heavy (non-hydrogen) atoms. The molecule has 0 aliphatic heterocycles. The predicted molar refractivity (Wildman–Crippen MR) is 107 cm³/mol. The van der Waals surface area contributed by atoms with Crippen molar-refractivity contribution in [2.24, 2.45) is 0 Å².